The molecule has 2 aliphatic heterocycles. The maximum absolute atomic E-state index is 3.37. The molecule has 0 amide bonds. The lowest BCUT2D eigenvalue weighted by Crippen LogP contribution is -2.48. The van der Waals surface area contributed by atoms with E-state index in [1.165, 1.54) is 32.6 Å². The molecule has 2 aliphatic rings. The largest absolute Gasteiger partial charge is 0.316 e. The van der Waals surface area contributed by atoms with Gasteiger partial charge in [0.2, 0.25) is 0 Å². The number of fused-ring (bicyclic) bond motifs is 1. The van der Waals surface area contributed by atoms with Crippen LogP contribution >= 0.6 is 0 Å². The number of hydrogen-bond acceptors (Lipinski definition) is 3. The van der Waals surface area contributed by atoms with E-state index in [1.54, 1.807) is 0 Å². The van der Waals surface area contributed by atoms with E-state index in [0.29, 0.717) is 0 Å². The quantitative estimate of drug-likeness (QED) is 0.576. The molecule has 12 heavy (non-hydrogen) atoms. The number of nitrogens with zero attached hydrogens (tertiary/aromatic N) is 2. The molecule has 0 aromatic carbocycles. The molecule has 70 valence electrons. The Morgan fingerprint density at radius 3 is 2.83 bits per heavy atom. The van der Waals surface area contributed by atoms with Gasteiger partial charge in [0.05, 0.1) is 0 Å². The maximum atomic E-state index is 3.37. The minimum Gasteiger partial charge on any atom is -0.316 e. The van der Waals surface area contributed by atoms with Crippen molar-refractivity contribution in [1.29, 1.82) is 0 Å². The highest BCUT2D eigenvalue weighted by Gasteiger charge is 2.34. The first kappa shape index (κ1) is 8.48. The third-order valence-electron chi connectivity index (χ3n) is 3.23. The molecule has 2 saturated heterocycles. The topological polar surface area (TPSA) is 18.5 Å². The Balaban J connectivity index is 1.93. The summed E-state index contributed by atoms with van der Waals surface area (Å²) >= 11 is 0. The van der Waals surface area contributed by atoms with Gasteiger partial charge in [-0.15, -0.1) is 0 Å². The predicted molar refractivity (Wildman–Crippen MR) is 50.3 cm³/mol. The summed E-state index contributed by atoms with van der Waals surface area (Å²) in [5, 5.41) is 3.37. The fourth-order valence-electron chi connectivity index (χ4n) is 2.41. The van der Waals surface area contributed by atoms with Crippen LogP contribution in [-0.4, -0.2) is 62.2 Å². The van der Waals surface area contributed by atoms with Crippen molar-refractivity contribution in [3.05, 3.63) is 0 Å². The van der Waals surface area contributed by atoms with Gasteiger partial charge in [-0.3, -0.25) is 4.90 Å². The van der Waals surface area contributed by atoms with E-state index in [9.17, 15) is 0 Å². The molecule has 3 heteroatoms. The van der Waals surface area contributed by atoms with Gasteiger partial charge >= 0.3 is 0 Å². The summed E-state index contributed by atoms with van der Waals surface area (Å²) in [5.74, 6) is 0. The molecule has 1 N–H and O–H groups in total. The van der Waals surface area contributed by atoms with Gasteiger partial charge in [0.1, 0.15) is 0 Å². The molecule has 0 aliphatic carbocycles. The van der Waals surface area contributed by atoms with Gasteiger partial charge in [-0.2, -0.15) is 0 Å². The van der Waals surface area contributed by atoms with Crippen LogP contribution in [0.2, 0.25) is 0 Å². The lowest BCUT2D eigenvalue weighted by atomic mass is 10.1. The molecule has 0 aromatic rings. The molecular weight excluding hydrogens is 150 g/mol. The SMILES string of the molecule is CNC1CC2CN(C)CCN2C1. The molecule has 2 heterocycles. The van der Waals surface area contributed by atoms with Gasteiger partial charge < -0.3 is 10.2 Å². The molecular formula is C9H19N3. The number of likely N-dealkylation sites (N-methyl/N-ethyl adjacent to an activating group) is 2. The molecule has 0 aromatic heterocycles. The summed E-state index contributed by atoms with van der Waals surface area (Å²) in [4.78, 5) is 5.07. The zero-order valence-corrected chi connectivity index (χ0v) is 8.08. The molecule has 0 bridgehead atoms. The molecule has 2 atom stereocenters. The van der Waals surface area contributed by atoms with Gasteiger partial charge in [-0.05, 0) is 20.5 Å². The van der Waals surface area contributed by atoms with Gasteiger partial charge in [0, 0.05) is 38.3 Å². The first-order valence-corrected chi connectivity index (χ1v) is 4.89. The number of hydrogen-bond donors (Lipinski definition) is 1. The zero-order valence-electron chi connectivity index (χ0n) is 8.08. The summed E-state index contributed by atoms with van der Waals surface area (Å²) in [6, 6.07) is 1.56. The summed E-state index contributed by atoms with van der Waals surface area (Å²) in [6.45, 7) is 5.03. The van der Waals surface area contributed by atoms with E-state index in [-0.39, 0.29) is 0 Å². The van der Waals surface area contributed by atoms with E-state index in [1.807, 2.05) is 0 Å². The average Bonchev–Trinajstić information content (AvgIpc) is 2.46. The second kappa shape index (κ2) is 3.32. The van der Waals surface area contributed by atoms with Crippen LogP contribution in [0, 0.1) is 0 Å². The van der Waals surface area contributed by atoms with Crippen LogP contribution in [-0.2, 0) is 0 Å². The fourth-order valence-corrected chi connectivity index (χ4v) is 2.41. The van der Waals surface area contributed by atoms with E-state index in [4.69, 9.17) is 0 Å². The summed E-state index contributed by atoms with van der Waals surface area (Å²) in [5.41, 5.74) is 0. The van der Waals surface area contributed by atoms with Crippen LogP contribution in [0.25, 0.3) is 0 Å². The van der Waals surface area contributed by atoms with Gasteiger partial charge in [-0.25, -0.2) is 0 Å². The van der Waals surface area contributed by atoms with Crippen molar-refractivity contribution in [2.75, 3.05) is 40.3 Å². The van der Waals surface area contributed by atoms with E-state index in [0.717, 1.165) is 12.1 Å². The Morgan fingerprint density at radius 2 is 2.08 bits per heavy atom. The van der Waals surface area contributed by atoms with Crippen molar-refractivity contribution in [2.45, 2.75) is 18.5 Å². The fraction of sp³-hybridized carbons (Fsp3) is 1.00. The molecule has 2 unspecified atom stereocenters. The van der Waals surface area contributed by atoms with Crippen molar-refractivity contribution in [3.8, 4) is 0 Å². The van der Waals surface area contributed by atoms with Gasteiger partial charge in [0.15, 0.2) is 0 Å². The normalized spacial score (nSPS) is 38.5. The third-order valence-corrected chi connectivity index (χ3v) is 3.23. The smallest absolute Gasteiger partial charge is 0.0239 e. The number of piperazine rings is 1. The number of nitrogens with one attached hydrogen (secondary N) is 1. The van der Waals surface area contributed by atoms with E-state index >= 15 is 0 Å². The standard InChI is InChI=1S/C9H19N3/c1-10-8-5-9-7-11(2)3-4-12(9)6-8/h8-10H,3-7H2,1-2H3. The maximum Gasteiger partial charge on any atom is 0.0239 e. The minimum atomic E-state index is 0.737. The highest BCUT2D eigenvalue weighted by Crippen LogP contribution is 2.20. The highest BCUT2D eigenvalue weighted by atomic mass is 15.3. The van der Waals surface area contributed by atoms with Crippen LogP contribution in [0.15, 0.2) is 0 Å². The van der Waals surface area contributed by atoms with Crippen molar-refractivity contribution >= 4 is 0 Å². The third kappa shape index (κ3) is 1.49. The van der Waals surface area contributed by atoms with Crippen molar-refractivity contribution in [2.24, 2.45) is 0 Å². The molecule has 2 rings (SSSR count). The van der Waals surface area contributed by atoms with Crippen LogP contribution in [0.5, 0.6) is 0 Å². The Bertz CT molecular complexity index is 160. The lowest BCUT2D eigenvalue weighted by Gasteiger charge is -2.35. The summed E-state index contributed by atoms with van der Waals surface area (Å²) in [7, 11) is 4.30. The molecule has 0 radical (unpaired) electrons. The Kier molecular flexibility index (Phi) is 2.35. The first-order chi connectivity index (χ1) is 5.79. The monoisotopic (exact) mass is 169 g/mol. The Labute approximate surface area is 74.7 Å². The average molecular weight is 169 g/mol. The van der Waals surface area contributed by atoms with Crippen molar-refractivity contribution < 1.29 is 0 Å². The molecule has 3 nitrogen and oxygen atoms in total. The zero-order chi connectivity index (χ0) is 8.55. The summed E-state index contributed by atoms with van der Waals surface area (Å²) < 4.78 is 0. The van der Waals surface area contributed by atoms with Crippen LogP contribution in [0.3, 0.4) is 0 Å². The molecule has 2 fully saturated rings. The Hall–Kier alpha value is -0.120. The lowest BCUT2D eigenvalue weighted by molar-refractivity contribution is 0.124. The number of rotatable bonds is 1. The second-order valence-corrected chi connectivity index (χ2v) is 4.13. The second-order valence-electron chi connectivity index (χ2n) is 4.13. The predicted octanol–water partition coefficient (Wildman–Crippen LogP) is -0.406. The summed E-state index contributed by atoms with van der Waals surface area (Å²) in [6.07, 6.45) is 1.33. The van der Waals surface area contributed by atoms with Crippen LogP contribution < -0.4 is 5.32 Å². The molecule has 0 saturated carbocycles. The van der Waals surface area contributed by atoms with Gasteiger partial charge in [-0.1, -0.05) is 0 Å². The minimum absolute atomic E-state index is 0.737. The van der Waals surface area contributed by atoms with Crippen LogP contribution in [0.4, 0.5) is 0 Å². The molecule has 0 spiro atoms. The Morgan fingerprint density at radius 1 is 1.25 bits per heavy atom. The van der Waals surface area contributed by atoms with E-state index in [2.05, 4.69) is 29.2 Å². The van der Waals surface area contributed by atoms with Crippen molar-refractivity contribution in [1.82, 2.24) is 15.1 Å². The van der Waals surface area contributed by atoms with E-state index < -0.39 is 0 Å². The first-order valence-electron chi connectivity index (χ1n) is 4.89. The van der Waals surface area contributed by atoms with Gasteiger partial charge in [0.25, 0.3) is 0 Å². The van der Waals surface area contributed by atoms with Crippen molar-refractivity contribution in [3.63, 3.8) is 0 Å². The van der Waals surface area contributed by atoms with Crippen LogP contribution in [0.1, 0.15) is 6.42 Å². The highest BCUT2D eigenvalue weighted by molar-refractivity contribution is 4.92.